The average molecular weight is 2740 g/mol. The Morgan fingerprint density at radius 3 is 0.212 bits per heavy atom. The summed E-state index contributed by atoms with van der Waals surface area (Å²) in [6, 6.07) is 216. The molecule has 0 bridgehead atoms. The smallest absolute Gasteiger partial charge is 0.0620 e. The third-order valence-electron chi connectivity index (χ3n) is 20.1. The van der Waals surface area contributed by atoms with Crippen molar-refractivity contribution in [2.75, 3.05) is 0 Å². The first-order chi connectivity index (χ1) is 63.6. The summed E-state index contributed by atoms with van der Waals surface area (Å²) in [5, 5.41) is 17.2. The molecular formula is C120H104Ge4P4Pt4+4. The van der Waals surface area contributed by atoms with E-state index < -0.39 is 31.7 Å². The Hall–Kier alpha value is -8.96. The minimum Gasteiger partial charge on any atom is -0.0620 e. The molecule has 0 heterocycles. The zero-order valence-electron chi connectivity index (χ0n) is 73.0. The van der Waals surface area contributed by atoms with Crippen molar-refractivity contribution in [1.82, 2.24) is 0 Å². The molecule has 656 valence electrons. The quantitative estimate of drug-likeness (QED) is 0.0527. The molecule has 0 aliphatic rings. The number of hydrogen-bond donors (Lipinski definition) is 0. The standard InChI is InChI=1S/4C18H15P.4C12H10Ge.4Pt/c4*1-4-10-16(11-5-1)19(17-12-6-2-7-13-17)18-14-8-3-9-15-18;4*1-3-7-11(8-4-1)13-12-9-5-2-6-10-12;;;;/h4*1-15H;4*1-10H;;;;/p+4. The minimum absolute atomic E-state index is 0. The van der Waals surface area contributed by atoms with Gasteiger partial charge < -0.3 is 0 Å². The summed E-state index contributed by atoms with van der Waals surface area (Å²) in [5.41, 5.74) is 0. The van der Waals surface area contributed by atoms with Crippen molar-refractivity contribution in [2.45, 2.75) is 0 Å². The Bertz CT molecular complexity index is 4930. The van der Waals surface area contributed by atoms with Crippen LogP contribution in [0.15, 0.2) is 607 Å². The summed E-state index contributed by atoms with van der Waals surface area (Å²) in [5.74, 6) is 0. The molecule has 8 radical (unpaired) electrons. The number of benzene rings is 20. The van der Waals surface area contributed by atoms with Gasteiger partial charge in [0.05, 0.1) is 31.7 Å². The van der Waals surface area contributed by atoms with Gasteiger partial charge >= 0.3 is 340 Å². The van der Waals surface area contributed by atoms with Crippen LogP contribution < -0.4 is 98.8 Å². The van der Waals surface area contributed by atoms with Crippen molar-refractivity contribution < 1.29 is 84.3 Å². The van der Waals surface area contributed by atoms with Crippen molar-refractivity contribution in [3.63, 3.8) is 0 Å². The zero-order chi connectivity index (χ0) is 87.4. The van der Waals surface area contributed by atoms with Crippen molar-refractivity contribution in [3.05, 3.63) is 607 Å². The monoisotopic (exact) mass is 2740 g/mol. The van der Waals surface area contributed by atoms with Crippen LogP contribution >= 0.6 is 31.7 Å². The van der Waals surface area contributed by atoms with Crippen LogP contribution in [0.1, 0.15) is 0 Å². The SMILES string of the molecule is [Pt].[Pt].[Pt].[Pt].c1cc[c]([Ge][c]2ccccc2)cc1.c1cc[c]([Ge][c]2ccccc2)cc1.c1cc[c]([Ge][c]2ccccc2)cc1.c1cc[c]([Ge][c]2ccccc2)cc1.c1ccc([PH+](c2ccccc2)c2ccccc2)cc1.c1ccc([PH+](c2ccccc2)c2ccccc2)cc1.c1ccc([PH+](c2ccccc2)c2ccccc2)cc1.c1ccc([PH+](c2ccccc2)c2ccccc2)cc1. The van der Waals surface area contributed by atoms with Crippen LogP contribution in [0.25, 0.3) is 0 Å². The number of rotatable bonds is 20. The van der Waals surface area contributed by atoms with Gasteiger partial charge in [-0.3, -0.25) is 0 Å². The molecule has 0 aliphatic carbocycles. The van der Waals surface area contributed by atoms with E-state index in [1.807, 2.05) is 0 Å². The van der Waals surface area contributed by atoms with Gasteiger partial charge in [0, 0.05) is 84.3 Å². The van der Waals surface area contributed by atoms with Gasteiger partial charge in [-0.25, -0.2) is 0 Å². The van der Waals surface area contributed by atoms with Gasteiger partial charge in [0.15, 0.2) is 0 Å². The first kappa shape index (κ1) is 107. The fraction of sp³-hybridized carbons (Fsp3) is 0. The molecular weight excluding hydrogens is 2640 g/mol. The molecule has 0 unspecified atom stereocenters. The average Bonchev–Trinajstić information content (AvgIpc) is 0.831. The molecule has 0 aliphatic heterocycles. The largest absolute Gasteiger partial charge is 0.102 e. The van der Waals surface area contributed by atoms with Crippen molar-refractivity contribution in [1.29, 1.82) is 0 Å². The van der Waals surface area contributed by atoms with Gasteiger partial charge in [0.25, 0.3) is 0 Å². The number of hydrogen-bond acceptors (Lipinski definition) is 0. The van der Waals surface area contributed by atoms with Crippen LogP contribution in [-0.4, -0.2) is 61.7 Å². The second-order valence-electron chi connectivity index (χ2n) is 29.3. The van der Waals surface area contributed by atoms with Gasteiger partial charge in [-0.2, -0.15) is 0 Å². The van der Waals surface area contributed by atoms with Gasteiger partial charge in [0.1, 0.15) is 63.7 Å². The zero-order valence-corrected chi connectivity index (χ0v) is 94.5. The summed E-state index contributed by atoms with van der Waals surface area (Å²) < 4.78 is 12.0. The molecule has 20 rings (SSSR count). The van der Waals surface area contributed by atoms with Crippen LogP contribution in [-0.2, 0) is 84.3 Å². The molecule has 0 spiro atoms. The van der Waals surface area contributed by atoms with Crippen molar-refractivity contribution in [2.24, 2.45) is 0 Å². The summed E-state index contributed by atoms with van der Waals surface area (Å²) in [6.07, 6.45) is 0. The van der Waals surface area contributed by atoms with E-state index in [1.165, 1.54) is 98.8 Å². The van der Waals surface area contributed by atoms with Crippen molar-refractivity contribution >= 4 is 192 Å². The van der Waals surface area contributed by atoms with E-state index in [1.54, 1.807) is 0 Å². The third kappa shape index (κ3) is 37.7. The van der Waals surface area contributed by atoms with Crippen molar-refractivity contribution in [3.8, 4) is 0 Å². The molecule has 20 aromatic carbocycles. The fourth-order valence-corrected chi connectivity index (χ4v) is 33.2. The van der Waals surface area contributed by atoms with E-state index >= 15 is 0 Å². The Balaban J connectivity index is 0.000000170. The molecule has 0 fully saturated rings. The minimum atomic E-state index is -0.877. The molecule has 12 heteroatoms. The first-order valence-corrected chi connectivity index (χ1v) is 57.6. The molecule has 20 aromatic rings. The van der Waals surface area contributed by atoms with Gasteiger partial charge in [0.2, 0.25) is 0 Å². The van der Waals surface area contributed by atoms with E-state index in [4.69, 9.17) is 0 Å². The second kappa shape index (κ2) is 64.1. The third-order valence-corrected chi connectivity index (χ3v) is 41.5. The summed E-state index contributed by atoms with van der Waals surface area (Å²) >= 11 is -0.431. The van der Waals surface area contributed by atoms with Gasteiger partial charge in [-0.05, 0) is 146 Å². The summed E-state index contributed by atoms with van der Waals surface area (Å²) in [7, 11) is -3.51. The predicted molar refractivity (Wildman–Crippen MR) is 578 cm³/mol. The van der Waals surface area contributed by atoms with Gasteiger partial charge in [-0.15, -0.1) is 0 Å². The van der Waals surface area contributed by atoms with Gasteiger partial charge in [-0.1, -0.05) is 218 Å². The second-order valence-corrected chi connectivity index (χ2v) is 51.0. The maximum Gasteiger partial charge on any atom is 0.102 e. The summed E-state index contributed by atoms with van der Waals surface area (Å²) in [6.45, 7) is 0. The van der Waals surface area contributed by atoms with Crippen LogP contribution in [0.2, 0.25) is 0 Å². The molecule has 132 heavy (non-hydrogen) atoms. The Kier molecular flexibility index (Phi) is 51.8. The molecule has 0 saturated heterocycles. The Morgan fingerprint density at radius 1 is 0.0833 bits per heavy atom. The maximum absolute atomic E-state index is 2.24. The van der Waals surface area contributed by atoms with Crippen LogP contribution in [0.3, 0.4) is 0 Å². The predicted octanol–water partition coefficient (Wildman–Crippen LogP) is 18.1. The van der Waals surface area contributed by atoms with E-state index in [2.05, 4.69) is 607 Å². The maximum atomic E-state index is 2.24. The molecule has 0 N–H and O–H groups in total. The van der Waals surface area contributed by atoms with E-state index in [0.29, 0.717) is 0 Å². The van der Waals surface area contributed by atoms with E-state index in [9.17, 15) is 0 Å². The summed E-state index contributed by atoms with van der Waals surface area (Å²) in [4.78, 5) is 0. The Labute approximate surface area is 872 Å². The molecule has 0 aromatic heterocycles. The topological polar surface area (TPSA) is 0 Å². The normalized spacial score (nSPS) is 9.97. The Morgan fingerprint density at radius 2 is 0.144 bits per heavy atom. The molecule has 0 amide bonds. The fourth-order valence-electron chi connectivity index (χ4n) is 14.1. The van der Waals surface area contributed by atoms with E-state index in [-0.39, 0.29) is 146 Å². The van der Waals surface area contributed by atoms with Crippen LogP contribution in [0.4, 0.5) is 0 Å². The molecule has 0 nitrogen and oxygen atoms in total. The van der Waals surface area contributed by atoms with Crippen LogP contribution in [0, 0.1) is 0 Å². The van der Waals surface area contributed by atoms with E-state index in [0.717, 1.165) is 0 Å². The van der Waals surface area contributed by atoms with Crippen LogP contribution in [0.5, 0.6) is 0 Å². The molecule has 0 atom stereocenters. The first-order valence-electron chi connectivity index (χ1n) is 43.2. The molecule has 0 saturated carbocycles.